The highest BCUT2D eigenvalue weighted by Crippen LogP contribution is 2.17. The van der Waals surface area contributed by atoms with Crippen LogP contribution < -0.4 is 9.47 Å². The molecule has 0 fully saturated rings. The zero-order chi connectivity index (χ0) is 14.5. The first-order valence-electron chi connectivity index (χ1n) is 6.67. The van der Waals surface area contributed by atoms with E-state index in [0.29, 0.717) is 26.4 Å². The van der Waals surface area contributed by atoms with Crippen LogP contribution in [0.25, 0.3) is 0 Å². The molecule has 4 nitrogen and oxygen atoms in total. The van der Waals surface area contributed by atoms with Gasteiger partial charge < -0.3 is 18.9 Å². The predicted octanol–water partition coefficient (Wildman–Crippen LogP) is 3.54. The van der Waals surface area contributed by atoms with Crippen LogP contribution in [0.5, 0.6) is 11.5 Å². The number of hydrogen-bond donors (Lipinski definition) is 0. The Balaban J connectivity index is 2.14. The van der Waals surface area contributed by atoms with Crippen LogP contribution in [0.1, 0.15) is 12.8 Å². The molecule has 0 saturated heterocycles. The highest BCUT2D eigenvalue weighted by Gasteiger charge is 1.97. The molecule has 0 aliphatic rings. The molecule has 0 spiro atoms. The van der Waals surface area contributed by atoms with Gasteiger partial charge in [0.2, 0.25) is 0 Å². The van der Waals surface area contributed by atoms with E-state index in [9.17, 15) is 0 Å². The first-order chi connectivity index (χ1) is 9.86. The van der Waals surface area contributed by atoms with Crippen molar-refractivity contribution in [3.8, 4) is 11.5 Å². The van der Waals surface area contributed by atoms with E-state index in [1.54, 1.807) is 0 Å². The van der Waals surface area contributed by atoms with E-state index in [1.165, 1.54) is 12.5 Å². The second-order valence-corrected chi connectivity index (χ2v) is 3.95. The van der Waals surface area contributed by atoms with E-state index in [0.717, 1.165) is 24.3 Å². The van der Waals surface area contributed by atoms with Gasteiger partial charge in [0.25, 0.3) is 0 Å². The zero-order valence-corrected chi connectivity index (χ0v) is 11.8. The molecule has 20 heavy (non-hydrogen) atoms. The van der Waals surface area contributed by atoms with Gasteiger partial charge >= 0.3 is 0 Å². The largest absolute Gasteiger partial charge is 0.502 e. The highest BCUT2D eigenvalue weighted by atomic mass is 16.5. The van der Waals surface area contributed by atoms with Crippen molar-refractivity contribution in [2.24, 2.45) is 0 Å². The summed E-state index contributed by atoms with van der Waals surface area (Å²) in [5, 5.41) is 0. The van der Waals surface area contributed by atoms with E-state index in [1.807, 2.05) is 24.3 Å². The Kier molecular flexibility index (Phi) is 8.61. The van der Waals surface area contributed by atoms with Gasteiger partial charge in [-0.1, -0.05) is 13.2 Å². The summed E-state index contributed by atoms with van der Waals surface area (Å²) in [4.78, 5) is 0. The molecule has 1 rings (SSSR count). The normalized spacial score (nSPS) is 9.60. The summed E-state index contributed by atoms with van der Waals surface area (Å²) in [5.74, 6) is 1.63. The second kappa shape index (κ2) is 10.8. The topological polar surface area (TPSA) is 36.9 Å². The third-order valence-corrected chi connectivity index (χ3v) is 2.45. The molecule has 0 amide bonds. The van der Waals surface area contributed by atoms with Gasteiger partial charge in [-0.25, -0.2) is 0 Å². The monoisotopic (exact) mass is 278 g/mol. The maximum absolute atomic E-state index is 5.61. The van der Waals surface area contributed by atoms with Gasteiger partial charge in [-0.15, -0.1) is 0 Å². The van der Waals surface area contributed by atoms with Crippen molar-refractivity contribution in [3.05, 3.63) is 49.9 Å². The van der Waals surface area contributed by atoms with Crippen molar-refractivity contribution < 1.29 is 18.9 Å². The maximum Gasteiger partial charge on any atom is 0.122 e. The van der Waals surface area contributed by atoms with Crippen LogP contribution in [-0.4, -0.2) is 26.4 Å². The molecule has 0 radical (unpaired) electrons. The molecule has 0 saturated carbocycles. The first-order valence-corrected chi connectivity index (χ1v) is 6.67. The Morgan fingerprint density at radius 3 is 1.80 bits per heavy atom. The molecule has 0 aromatic heterocycles. The van der Waals surface area contributed by atoms with Crippen molar-refractivity contribution in [2.75, 3.05) is 26.4 Å². The Labute approximate surface area is 120 Å². The minimum Gasteiger partial charge on any atom is -0.502 e. The van der Waals surface area contributed by atoms with Crippen LogP contribution in [0.2, 0.25) is 0 Å². The van der Waals surface area contributed by atoms with Crippen LogP contribution in [0, 0.1) is 0 Å². The van der Waals surface area contributed by atoms with Crippen LogP contribution >= 0.6 is 0 Å². The van der Waals surface area contributed by atoms with Gasteiger partial charge in [-0.3, -0.25) is 0 Å². The maximum atomic E-state index is 5.61. The number of rotatable bonds is 12. The summed E-state index contributed by atoms with van der Waals surface area (Å²) in [6, 6.07) is 7.54. The molecule has 0 aliphatic carbocycles. The van der Waals surface area contributed by atoms with E-state index < -0.39 is 0 Å². The minimum atomic E-state index is 0.495. The van der Waals surface area contributed by atoms with Crippen molar-refractivity contribution in [1.29, 1.82) is 0 Å². The standard InChI is InChI=1S/C16H22O4/c1-3-17-11-5-6-12-19-15-7-9-16(10-8-15)20-14-13-18-4-2/h3-4,7-10H,1-2,5-6,11-14H2. The number of hydrogen-bond acceptors (Lipinski definition) is 4. The quantitative estimate of drug-likeness (QED) is 0.433. The van der Waals surface area contributed by atoms with E-state index in [-0.39, 0.29) is 0 Å². The molecular weight excluding hydrogens is 256 g/mol. The molecule has 110 valence electrons. The van der Waals surface area contributed by atoms with Gasteiger partial charge in [0.05, 0.1) is 25.7 Å². The predicted molar refractivity (Wildman–Crippen MR) is 79.0 cm³/mol. The SMILES string of the molecule is C=COCCCCOc1ccc(OCCOC=C)cc1. The summed E-state index contributed by atoms with van der Waals surface area (Å²) >= 11 is 0. The molecule has 0 bridgehead atoms. The molecule has 1 aromatic rings. The lowest BCUT2D eigenvalue weighted by Gasteiger charge is -2.08. The Bertz CT molecular complexity index is 373. The van der Waals surface area contributed by atoms with Crippen LogP contribution in [-0.2, 0) is 9.47 Å². The number of ether oxygens (including phenoxy) is 4. The molecule has 1 aromatic carbocycles. The van der Waals surface area contributed by atoms with Gasteiger partial charge in [0.1, 0.15) is 24.7 Å². The van der Waals surface area contributed by atoms with E-state index in [2.05, 4.69) is 13.2 Å². The fraction of sp³-hybridized carbons (Fsp3) is 0.375. The number of benzene rings is 1. The Morgan fingerprint density at radius 1 is 0.700 bits per heavy atom. The molecular formula is C16H22O4. The highest BCUT2D eigenvalue weighted by molar-refractivity contribution is 5.31. The third-order valence-electron chi connectivity index (χ3n) is 2.45. The molecule has 4 heteroatoms. The van der Waals surface area contributed by atoms with Crippen molar-refractivity contribution in [3.63, 3.8) is 0 Å². The van der Waals surface area contributed by atoms with Crippen molar-refractivity contribution >= 4 is 0 Å². The third kappa shape index (κ3) is 7.36. The first kappa shape index (κ1) is 16.0. The molecule has 0 aliphatic heterocycles. The van der Waals surface area contributed by atoms with E-state index in [4.69, 9.17) is 18.9 Å². The van der Waals surface area contributed by atoms with Crippen LogP contribution in [0.4, 0.5) is 0 Å². The number of unbranched alkanes of at least 4 members (excludes halogenated alkanes) is 1. The average molecular weight is 278 g/mol. The van der Waals surface area contributed by atoms with Gasteiger partial charge in [-0.05, 0) is 37.1 Å². The lowest BCUT2D eigenvalue weighted by atomic mass is 10.3. The van der Waals surface area contributed by atoms with Gasteiger partial charge in [-0.2, -0.15) is 0 Å². The van der Waals surface area contributed by atoms with Gasteiger partial charge in [0, 0.05) is 0 Å². The summed E-state index contributed by atoms with van der Waals surface area (Å²) < 4.78 is 21.1. The molecule has 0 N–H and O–H groups in total. The summed E-state index contributed by atoms with van der Waals surface area (Å²) in [7, 11) is 0. The summed E-state index contributed by atoms with van der Waals surface area (Å²) in [5.41, 5.74) is 0. The summed E-state index contributed by atoms with van der Waals surface area (Å²) in [6.07, 6.45) is 4.77. The molecule has 0 unspecified atom stereocenters. The van der Waals surface area contributed by atoms with Crippen LogP contribution in [0.15, 0.2) is 49.9 Å². The smallest absolute Gasteiger partial charge is 0.122 e. The fourth-order valence-corrected chi connectivity index (χ4v) is 1.48. The second-order valence-electron chi connectivity index (χ2n) is 3.95. The Morgan fingerprint density at radius 2 is 1.20 bits per heavy atom. The van der Waals surface area contributed by atoms with Crippen molar-refractivity contribution in [2.45, 2.75) is 12.8 Å². The average Bonchev–Trinajstić information content (AvgIpc) is 2.49. The molecule has 0 atom stereocenters. The van der Waals surface area contributed by atoms with Gasteiger partial charge in [0.15, 0.2) is 0 Å². The summed E-state index contributed by atoms with van der Waals surface area (Å²) in [6.45, 7) is 9.30. The molecule has 0 heterocycles. The van der Waals surface area contributed by atoms with E-state index >= 15 is 0 Å². The fourth-order valence-electron chi connectivity index (χ4n) is 1.48. The lowest BCUT2D eigenvalue weighted by Crippen LogP contribution is -2.04. The Hall–Kier alpha value is -2.10. The van der Waals surface area contributed by atoms with Crippen LogP contribution in [0.3, 0.4) is 0 Å². The van der Waals surface area contributed by atoms with Crippen molar-refractivity contribution in [1.82, 2.24) is 0 Å². The lowest BCUT2D eigenvalue weighted by molar-refractivity contribution is 0.179. The minimum absolute atomic E-state index is 0.495. The zero-order valence-electron chi connectivity index (χ0n) is 11.8.